The molecule has 1 aliphatic rings. The molecule has 0 aliphatic carbocycles. The molecule has 0 amide bonds. The summed E-state index contributed by atoms with van der Waals surface area (Å²) in [6, 6.07) is 12.2. The first-order valence-electron chi connectivity index (χ1n) is 6.96. The highest BCUT2D eigenvalue weighted by molar-refractivity contribution is 5.69. The minimum Gasteiger partial charge on any atom is -0.491 e. The predicted molar refractivity (Wildman–Crippen MR) is 80.4 cm³/mol. The Morgan fingerprint density at radius 3 is 2.85 bits per heavy atom. The molecule has 0 spiro atoms. The summed E-state index contributed by atoms with van der Waals surface area (Å²) in [6.45, 7) is 3.62. The van der Waals surface area contributed by atoms with Gasteiger partial charge in [-0.3, -0.25) is 4.98 Å². The lowest BCUT2D eigenvalue weighted by Gasteiger charge is -2.23. The molecule has 0 saturated heterocycles. The Bertz CT molecular complexity index is 581. The van der Waals surface area contributed by atoms with Crippen molar-refractivity contribution in [2.75, 3.05) is 18.1 Å². The topological polar surface area (TPSA) is 51.4 Å². The predicted octanol–water partition coefficient (Wildman–Crippen LogP) is 3.02. The van der Waals surface area contributed by atoms with Crippen molar-refractivity contribution in [3.8, 4) is 5.75 Å². The number of hydrogen-bond acceptors (Lipinski definition) is 4. The zero-order valence-corrected chi connectivity index (χ0v) is 11.6. The van der Waals surface area contributed by atoms with Gasteiger partial charge in [0.15, 0.2) is 0 Å². The smallest absolute Gasteiger partial charge is 0.142 e. The molecular weight excluding hydrogens is 250 g/mol. The van der Waals surface area contributed by atoms with Gasteiger partial charge in [0, 0.05) is 12.6 Å². The van der Waals surface area contributed by atoms with E-state index in [1.807, 2.05) is 37.4 Å². The van der Waals surface area contributed by atoms with Crippen LogP contribution in [0, 0.1) is 0 Å². The van der Waals surface area contributed by atoms with Crippen molar-refractivity contribution in [1.82, 2.24) is 4.98 Å². The minimum atomic E-state index is -0.0381. The van der Waals surface area contributed by atoms with E-state index in [0.29, 0.717) is 0 Å². The van der Waals surface area contributed by atoms with Crippen LogP contribution in [0.3, 0.4) is 0 Å². The van der Waals surface area contributed by atoms with Crippen LogP contribution in [0.1, 0.15) is 25.1 Å². The van der Waals surface area contributed by atoms with Crippen molar-refractivity contribution in [3.63, 3.8) is 0 Å². The van der Waals surface area contributed by atoms with Crippen LogP contribution < -0.4 is 15.4 Å². The van der Waals surface area contributed by atoms with Gasteiger partial charge in [-0.2, -0.15) is 0 Å². The number of rotatable bonds is 2. The maximum atomic E-state index is 5.85. The van der Waals surface area contributed by atoms with Crippen molar-refractivity contribution in [1.29, 1.82) is 0 Å². The van der Waals surface area contributed by atoms with Gasteiger partial charge < -0.3 is 15.4 Å². The molecule has 0 bridgehead atoms. The molecule has 2 aromatic rings. The van der Waals surface area contributed by atoms with E-state index in [0.717, 1.165) is 42.4 Å². The summed E-state index contributed by atoms with van der Waals surface area (Å²) in [5.41, 5.74) is 8.93. The lowest BCUT2D eigenvalue weighted by Crippen LogP contribution is -2.18. The Labute approximate surface area is 119 Å². The zero-order chi connectivity index (χ0) is 13.9. The van der Waals surface area contributed by atoms with Gasteiger partial charge >= 0.3 is 0 Å². The fraction of sp³-hybridized carbons (Fsp3) is 0.312. The summed E-state index contributed by atoms with van der Waals surface area (Å²) < 4.78 is 5.78. The summed E-state index contributed by atoms with van der Waals surface area (Å²) in [7, 11) is 0. The Morgan fingerprint density at radius 2 is 2.10 bits per heavy atom. The van der Waals surface area contributed by atoms with Crippen molar-refractivity contribution in [2.24, 2.45) is 5.73 Å². The first kappa shape index (κ1) is 12.9. The van der Waals surface area contributed by atoms with Gasteiger partial charge in [-0.05, 0) is 37.6 Å². The molecule has 1 aromatic heterocycles. The third-order valence-corrected chi connectivity index (χ3v) is 3.49. The second-order valence-electron chi connectivity index (χ2n) is 5.05. The van der Waals surface area contributed by atoms with Crippen molar-refractivity contribution in [2.45, 2.75) is 19.4 Å². The molecule has 3 rings (SSSR count). The number of fused-ring (bicyclic) bond motifs is 1. The van der Waals surface area contributed by atoms with Crippen LogP contribution in [-0.2, 0) is 0 Å². The van der Waals surface area contributed by atoms with Gasteiger partial charge in [-0.15, -0.1) is 0 Å². The molecule has 4 nitrogen and oxygen atoms in total. The number of nitrogens with zero attached hydrogens (tertiary/aromatic N) is 2. The van der Waals surface area contributed by atoms with Crippen LogP contribution in [-0.4, -0.2) is 18.1 Å². The van der Waals surface area contributed by atoms with Crippen LogP contribution in [0.25, 0.3) is 0 Å². The van der Waals surface area contributed by atoms with Gasteiger partial charge in [0.2, 0.25) is 0 Å². The summed E-state index contributed by atoms with van der Waals surface area (Å²) in [4.78, 5) is 6.70. The lowest BCUT2D eigenvalue weighted by atomic mass is 10.2. The fourth-order valence-corrected chi connectivity index (χ4v) is 2.42. The van der Waals surface area contributed by atoms with Gasteiger partial charge in [-0.1, -0.05) is 12.1 Å². The van der Waals surface area contributed by atoms with E-state index in [2.05, 4.69) is 22.0 Å². The average Bonchev–Trinajstić information content (AvgIpc) is 2.69. The van der Waals surface area contributed by atoms with E-state index < -0.39 is 0 Å². The Morgan fingerprint density at radius 1 is 1.25 bits per heavy atom. The van der Waals surface area contributed by atoms with Gasteiger partial charge in [0.05, 0.1) is 29.9 Å². The van der Waals surface area contributed by atoms with E-state index in [1.54, 1.807) is 0 Å². The van der Waals surface area contributed by atoms with E-state index in [-0.39, 0.29) is 6.04 Å². The summed E-state index contributed by atoms with van der Waals surface area (Å²) in [5, 5.41) is 0. The molecule has 0 saturated carbocycles. The SMILES string of the molecule is C[C@H](N)c1ccc(N2CCCOc3ccccc32)cn1. The summed E-state index contributed by atoms with van der Waals surface area (Å²) in [5.74, 6) is 0.932. The molecule has 1 aliphatic heterocycles. The number of ether oxygens (including phenoxy) is 1. The number of benzene rings is 1. The largest absolute Gasteiger partial charge is 0.491 e. The number of pyridine rings is 1. The highest BCUT2D eigenvalue weighted by atomic mass is 16.5. The van der Waals surface area contributed by atoms with E-state index in [9.17, 15) is 0 Å². The number of nitrogens with two attached hydrogens (primary N) is 1. The second kappa shape index (κ2) is 5.51. The van der Waals surface area contributed by atoms with Crippen LogP contribution >= 0.6 is 0 Å². The molecule has 2 heterocycles. The quantitative estimate of drug-likeness (QED) is 0.910. The average molecular weight is 269 g/mol. The number of anilines is 2. The third kappa shape index (κ3) is 2.47. The van der Waals surface area contributed by atoms with E-state index >= 15 is 0 Å². The van der Waals surface area contributed by atoms with Crippen LogP contribution in [0.15, 0.2) is 42.6 Å². The first-order valence-corrected chi connectivity index (χ1v) is 6.96. The minimum absolute atomic E-state index is 0.0381. The van der Waals surface area contributed by atoms with Crippen LogP contribution in [0.5, 0.6) is 5.75 Å². The van der Waals surface area contributed by atoms with E-state index in [1.165, 1.54) is 0 Å². The van der Waals surface area contributed by atoms with Crippen molar-refractivity contribution in [3.05, 3.63) is 48.3 Å². The molecule has 1 atom stereocenters. The maximum Gasteiger partial charge on any atom is 0.142 e. The second-order valence-corrected chi connectivity index (χ2v) is 5.05. The molecule has 0 unspecified atom stereocenters. The van der Waals surface area contributed by atoms with Gasteiger partial charge in [-0.25, -0.2) is 0 Å². The third-order valence-electron chi connectivity index (χ3n) is 3.49. The molecule has 104 valence electrons. The highest BCUT2D eigenvalue weighted by Gasteiger charge is 2.17. The molecular formula is C16H19N3O. The summed E-state index contributed by atoms with van der Waals surface area (Å²) >= 11 is 0. The Balaban J connectivity index is 1.97. The molecule has 1 aromatic carbocycles. The molecule has 2 N–H and O–H groups in total. The number of hydrogen-bond donors (Lipinski definition) is 1. The van der Waals surface area contributed by atoms with Crippen LogP contribution in [0.2, 0.25) is 0 Å². The lowest BCUT2D eigenvalue weighted by molar-refractivity contribution is 0.322. The molecule has 20 heavy (non-hydrogen) atoms. The fourth-order valence-electron chi connectivity index (χ4n) is 2.42. The molecule has 0 fully saturated rings. The molecule has 0 radical (unpaired) electrons. The Hall–Kier alpha value is -2.07. The van der Waals surface area contributed by atoms with Crippen molar-refractivity contribution >= 4 is 11.4 Å². The molecule has 4 heteroatoms. The van der Waals surface area contributed by atoms with Gasteiger partial charge in [0.1, 0.15) is 5.75 Å². The van der Waals surface area contributed by atoms with E-state index in [4.69, 9.17) is 10.5 Å². The van der Waals surface area contributed by atoms with Gasteiger partial charge in [0.25, 0.3) is 0 Å². The zero-order valence-electron chi connectivity index (χ0n) is 11.6. The number of para-hydroxylation sites is 2. The highest BCUT2D eigenvalue weighted by Crippen LogP contribution is 2.35. The van der Waals surface area contributed by atoms with Crippen LogP contribution in [0.4, 0.5) is 11.4 Å². The normalized spacial score (nSPS) is 16.0. The number of aromatic nitrogens is 1. The monoisotopic (exact) mass is 269 g/mol. The Kier molecular flexibility index (Phi) is 3.56. The first-order chi connectivity index (χ1) is 9.75. The summed E-state index contributed by atoms with van der Waals surface area (Å²) in [6.07, 6.45) is 2.88. The maximum absolute atomic E-state index is 5.85. The van der Waals surface area contributed by atoms with Crippen molar-refractivity contribution < 1.29 is 4.74 Å². The standard InChI is InChI=1S/C16H19N3O/c1-12(17)14-8-7-13(11-18-14)19-9-4-10-20-16-6-3-2-5-15(16)19/h2-3,5-8,11-12H,4,9-10,17H2,1H3/t12-/m0/s1.